The van der Waals surface area contributed by atoms with E-state index in [0.717, 1.165) is 58.3 Å². The molecular formula is C12H23N3O. The van der Waals surface area contributed by atoms with Gasteiger partial charge in [-0.15, -0.1) is 0 Å². The largest absolute Gasteiger partial charge is 0.341 e. The maximum absolute atomic E-state index is 12.5. The zero-order valence-corrected chi connectivity index (χ0v) is 10.0. The number of rotatable bonds is 2. The lowest BCUT2D eigenvalue weighted by molar-refractivity contribution is -0.141. The van der Waals surface area contributed by atoms with Gasteiger partial charge in [0.1, 0.15) is 0 Å². The molecule has 3 N–H and O–H groups in total. The highest BCUT2D eigenvalue weighted by atomic mass is 16.2. The Morgan fingerprint density at radius 1 is 1.19 bits per heavy atom. The summed E-state index contributed by atoms with van der Waals surface area (Å²) < 4.78 is 0. The number of amides is 1. The van der Waals surface area contributed by atoms with Gasteiger partial charge in [-0.1, -0.05) is 12.8 Å². The Morgan fingerprint density at radius 2 is 1.94 bits per heavy atom. The molecule has 1 heterocycles. The van der Waals surface area contributed by atoms with E-state index in [-0.39, 0.29) is 5.41 Å². The minimum absolute atomic E-state index is 0.218. The number of nitrogens with two attached hydrogens (primary N) is 1. The van der Waals surface area contributed by atoms with Gasteiger partial charge >= 0.3 is 0 Å². The van der Waals surface area contributed by atoms with Crippen LogP contribution in [0.4, 0.5) is 0 Å². The highest BCUT2D eigenvalue weighted by Gasteiger charge is 2.42. The molecule has 0 aromatic heterocycles. The van der Waals surface area contributed by atoms with Crippen LogP contribution in [0, 0.1) is 5.41 Å². The fourth-order valence-corrected chi connectivity index (χ4v) is 2.94. The van der Waals surface area contributed by atoms with Crippen LogP contribution in [0.5, 0.6) is 0 Å². The SMILES string of the molecule is NCC1(C(=O)N2CCCNCC2)CCCC1. The second-order valence-corrected chi connectivity index (χ2v) is 5.09. The third kappa shape index (κ3) is 2.23. The number of nitrogens with zero attached hydrogens (tertiary/aromatic N) is 1. The fourth-order valence-electron chi connectivity index (χ4n) is 2.94. The van der Waals surface area contributed by atoms with Crippen molar-refractivity contribution in [1.82, 2.24) is 10.2 Å². The van der Waals surface area contributed by atoms with Crippen molar-refractivity contribution in [2.45, 2.75) is 32.1 Å². The molecule has 0 spiro atoms. The average molecular weight is 225 g/mol. The fraction of sp³-hybridized carbons (Fsp3) is 0.917. The second kappa shape index (κ2) is 5.15. The smallest absolute Gasteiger partial charge is 0.230 e. The van der Waals surface area contributed by atoms with Gasteiger partial charge in [0.2, 0.25) is 5.91 Å². The first kappa shape index (κ1) is 11.9. The Balaban J connectivity index is 2.03. The molecule has 0 bridgehead atoms. The van der Waals surface area contributed by atoms with Crippen molar-refractivity contribution >= 4 is 5.91 Å². The van der Waals surface area contributed by atoms with Crippen molar-refractivity contribution in [3.63, 3.8) is 0 Å². The maximum atomic E-state index is 12.5. The molecular weight excluding hydrogens is 202 g/mol. The van der Waals surface area contributed by atoms with Crippen LogP contribution in [0.25, 0.3) is 0 Å². The molecule has 2 fully saturated rings. The molecule has 1 aliphatic heterocycles. The van der Waals surface area contributed by atoms with Gasteiger partial charge in [0.25, 0.3) is 0 Å². The number of hydrogen-bond acceptors (Lipinski definition) is 3. The van der Waals surface area contributed by atoms with Crippen LogP contribution in [-0.4, -0.2) is 43.5 Å². The molecule has 0 atom stereocenters. The zero-order chi connectivity index (χ0) is 11.4. The summed E-state index contributed by atoms with van der Waals surface area (Å²) >= 11 is 0. The third-order valence-electron chi connectivity index (χ3n) is 4.03. The summed E-state index contributed by atoms with van der Waals surface area (Å²) in [5.74, 6) is 0.316. The van der Waals surface area contributed by atoms with E-state index >= 15 is 0 Å². The maximum Gasteiger partial charge on any atom is 0.230 e. The first-order chi connectivity index (χ1) is 7.78. The van der Waals surface area contributed by atoms with E-state index in [1.807, 2.05) is 4.90 Å². The van der Waals surface area contributed by atoms with Gasteiger partial charge in [0.15, 0.2) is 0 Å². The van der Waals surface area contributed by atoms with Gasteiger partial charge in [-0.25, -0.2) is 0 Å². The molecule has 2 aliphatic rings. The topological polar surface area (TPSA) is 58.4 Å². The van der Waals surface area contributed by atoms with Crippen LogP contribution in [0.2, 0.25) is 0 Å². The number of carbonyl (C=O) groups is 1. The number of nitrogens with one attached hydrogen (secondary N) is 1. The molecule has 1 saturated heterocycles. The van der Waals surface area contributed by atoms with Gasteiger partial charge in [-0.3, -0.25) is 4.79 Å². The standard InChI is InChI=1S/C12H23N3O/c13-10-12(4-1-2-5-12)11(16)15-8-3-6-14-7-9-15/h14H,1-10,13H2. The van der Waals surface area contributed by atoms with E-state index in [1.165, 1.54) is 0 Å². The normalized spacial score (nSPS) is 25.4. The van der Waals surface area contributed by atoms with Crippen LogP contribution in [0.1, 0.15) is 32.1 Å². The van der Waals surface area contributed by atoms with Crippen LogP contribution in [-0.2, 0) is 4.79 Å². The van der Waals surface area contributed by atoms with E-state index in [2.05, 4.69) is 5.32 Å². The molecule has 0 aromatic carbocycles. The van der Waals surface area contributed by atoms with Crippen molar-refractivity contribution < 1.29 is 4.79 Å². The third-order valence-corrected chi connectivity index (χ3v) is 4.03. The van der Waals surface area contributed by atoms with E-state index < -0.39 is 0 Å². The van der Waals surface area contributed by atoms with Crippen molar-refractivity contribution in [2.75, 3.05) is 32.7 Å². The summed E-state index contributed by atoms with van der Waals surface area (Å²) in [6.07, 6.45) is 5.37. The molecule has 16 heavy (non-hydrogen) atoms. The van der Waals surface area contributed by atoms with Gasteiger partial charge in [0.05, 0.1) is 5.41 Å². The van der Waals surface area contributed by atoms with Crippen LogP contribution >= 0.6 is 0 Å². The van der Waals surface area contributed by atoms with E-state index in [4.69, 9.17) is 5.73 Å². The van der Waals surface area contributed by atoms with Gasteiger partial charge < -0.3 is 16.0 Å². The Labute approximate surface area is 97.6 Å². The number of hydrogen-bond donors (Lipinski definition) is 2. The first-order valence-corrected chi connectivity index (χ1v) is 6.49. The summed E-state index contributed by atoms with van der Waals surface area (Å²) in [6, 6.07) is 0. The lowest BCUT2D eigenvalue weighted by atomic mass is 9.84. The molecule has 1 saturated carbocycles. The van der Waals surface area contributed by atoms with Crippen LogP contribution < -0.4 is 11.1 Å². The van der Waals surface area contributed by atoms with E-state index in [9.17, 15) is 4.79 Å². The van der Waals surface area contributed by atoms with Crippen molar-refractivity contribution in [3.05, 3.63) is 0 Å². The lowest BCUT2D eigenvalue weighted by Crippen LogP contribution is -2.47. The summed E-state index contributed by atoms with van der Waals surface area (Å²) in [7, 11) is 0. The summed E-state index contributed by atoms with van der Waals surface area (Å²) in [5.41, 5.74) is 5.63. The summed E-state index contributed by atoms with van der Waals surface area (Å²) in [6.45, 7) is 4.22. The van der Waals surface area contributed by atoms with E-state index in [1.54, 1.807) is 0 Å². The molecule has 92 valence electrons. The second-order valence-electron chi connectivity index (χ2n) is 5.09. The molecule has 1 amide bonds. The van der Waals surface area contributed by atoms with Crippen molar-refractivity contribution in [1.29, 1.82) is 0 Å². The van der Waals surface area contributed by atoms with E-state index in [0.29, 0.717) is 12.5 Å². The minimum Gasteiger partial charge on any atom is -0.341 e. The molecule has 0 aromatic rings. The lowest BCUT2D eigenvalue weighted by Gasteiger charge is -2.32. The summed E-state index contributed by atoms with van der Waals surface area (Å²) in [5, 5.41) is 3.33. The highest BCUT2D eigenvalue weighted by Crippen LogP contribution is 2.38. The Bertz CT molecular complexity index is 241. The van der Waals surface area contributed by atoms with Gasteiger partial charge in [-0.2, -0.15) is 0 Å². The minimum atomic E-state index is -0.218. The first-order valence-electron chi connectivity index (χ1n) is 6.49. The number of carbonyl (C=O) groups excluding carboxylic acids is 1. The van der Waals surface area contributed by atoms with Crippen molar-refractivity contribution in [2.24, 2.45) is 11.1 Å². The highest BCUT2D eigenvalue weighted by molar-refractivity contribution is 5.83. The summed E-state index contributed by atoms with van der Waals surface area (Å²) in [4.78, 5) is 14.6. The van der Waals surface area contributed by atoms with Crippen LogP contribution in [0.3, 0.4) is 0 Å². The van der Waals surface area contributed by atoms with Gasteiger partial charge in [0, 0.05) is 26.2 Å². The molecule has 2 rings (SSSR count). The Kier molecular flexibility index (Phi) is 3.82. The van der Waals surface area contributed by atoms with Crippen molar-refractivity contribution in [3.8, 4) is 0 Å². The predicted octanol–water partition coefficient (Wildman–Crippen LogP) is 0.327. The quantitative estimate of drug-likeness (QED) is 0.712. The van der Waals surface area contributed by atoms with Gasteiger partial charge in [-0.05, 0) is 25.8 Å². The predicted molar refractivity (Wildman–Crippen MR) is 64.0 cm³/mol. The Hall–Kier alpha value is -0.610. The zero-order valence-electron chi connectivity index (χ0n) is 10.0. The Morgan fingerprint density at radius 3 is 2.62 bits per heavy atom. The average Bonchev–Trinajstić information content (AvgIpc) is 2.64. The molecule has 0 radical (unpaired) electrons. The molecule has 1 aliphatic carbocycles. The molecule has 4 heteroatoms. The molecule has 4 nitrogen and oxygen atoms in total. The van der Waals surface area contributed by atoms with Crippen LogP contribution in [0.15, 0.2) is 0 Å². The molecule has 0 unspecified atom stereocenters. The monoisotopic (exact) mass is 225 g/mol.